The number of aryl methyl sites for hydroxylation is 2. The second-order valence-electron chi connectivity index (χ2n) is 4.88. The number of rotatable bonds is 6. The SMILES string of the molecule is CCc1nn(C)cc1CNCc1ccc(OC)c(C#N)c1. The van der Waals surface area contributed by atoms with Crippen molar-refractivity contribution in [1.82, 2.24) is 15.1 Å². The molecular formula is C16H20N4O. The van der Waals surface area contributed by atoms with Crippen molar-refractivity contribution < 1.29 is 4.74 Å². The van der Waals surface area contributed by atoms with E-state index in [1.54, 1.807) is 7.11 Å². The number of aromatic nitrogens is 2. The molecule has 0 saturated heterocycles. The molecule has 0 radical (unpaired) electrons. The van der Waals surface area contributed by atoms with E-state index in [-0.39, 0.29) is 0 Å². The molecule has 5 heteroatoms. The minimum atomic E-state index is 0.562. The second-order valence-corrected chi connectivity index (χ2v) is 4.88. The van der Waals surface area contributed by atoms with Crippen molar-refractivity contribution in [3.8, 4) is 11.8 Å². The Labute approximate surface area is 125 Å². The Kier molecular flexibility index (Phi) is 4.96. The van der Waals surface area contributed by atoms with Gasteiger partial charge in [0.2, 0.25) is 0 Å². The number of nitrogens with one attached hydrogen (secondary N) is 1. The molecule has 21 heavy (non-hydrogen) atoms. The van der Waals surface area contributed by atoms with Gasteiger partial charge < -0.3 is 10.1 Å². The van der Waals surface area contributed by atoms with E-state index in [1.807, 2.05) is 36.1 Å². The van der Waals surface area contributed by atoms with Crippen LogP contribution in [0.25, 0.3) is 0 Å². The molecule has 0 unspecified atom stereocenters. The van der Waals surface area contributed by atoms with Crippen molar-refractivity contribution in [2.24, 2.45) is 7.05 Å². The summed E-state index contributed by atoms with van der Waals surface area (Å²) in [5.74, 6) is 0.613. The first kappa shape index (κ1) is 15.1. The quantitative estimate of drug-likeness (QED) is 0.883. The predicted molar refractivity (Wildman–Crippen MR) is 80.8 cm³/mol. The van der Waals surface area contributed by atoms with Gasteiger partial charge in [-0.1, -0.05) is 13.0 Å². The van der Waals surface area contributed by atoms with Gasteiger partial charge in [0, 0.05) is 31.9 Å². The number of nitrogens with zero attached hydrogens (tertiary/aromatic N) is 3. The van der Waals surface area contributed by atoms with E-state index in [9.17, 15) is 0 Å². The van der Waals surface area contributed by atoms with Gasteiger partial charge in [-0.05, 0) is 24.1 Å². The van der Waals surface area contributed by atoms with Crippen LogP contribution in [0.3, 0.4) is 0 Å². The summed E-state index contributed by atoms with van der Waals surface area (Å²) < 4.78 is 6.99. The monoisotopic (exact) mass is 284 g/mol. The number of methoxy groups -OCH3 is 1. The van der Waals surface area contributed by atoms with Crippen LogP contribution in [0, 0.1) is 11.3 Å². The highest BCUT2D eigenvalue weighted by molar-refractivity contribution is 5.45. The van der Waals surface area contributed by atoms with Crippen molar-refractivity contribution in [2.75, 3.05) is 7.11 Å². The Morgan fingerprint density at radius 2 is 2.19 bits per heavy atom. The fraction of sp³-hybridized carbons (Fsp3) is 0.375. The molecule has 0 aliphatic heterocycles. The Hall–Kier alpha value is -2.32. The molecule has 0 fully saturated rings. The highest BCUT2D eigenvalue weighted by Gasteiger charge is 2.06. The van der Waals surface area contributed by atoms with Gasteiger partial charge in [0.15, 0.2) is 0 Å². The van der Waals surface area contributed by atoms with Crippen LogP contribution in [0.15, 0.2) is 24.4 Å². The van der Waals surface area contributed by atoms with Gasteiger partial charge in [0.05, 0.1) is 18.4 Å². The maximum Gasteiger partial charge on any atom is 0.136 e. The summed E-state index contributed by atoms with van der Waals surface area (Å²) in [6.07, 6.45) is 2.97. The van der Waals surface area contributed by atoms with Gasteiger partial charge in [0.25, 0.3) is 0 Å². The maximum absolute atomic E-state index is 9.09. The third-order valence-corrected chi connectivity index (χ3v) is 3.36. The molecule has 5 nitrogen and oxygen atoms in total. The first-order valence-electron chi connectivity index (χ1n) is 6.97. The van der Waals surface area contributed by atoms with Crippen molar-refractivity contribution in [3.05, 3.63) is 46.8 Å². The highest BCUT2D eigenvalue weighted by Crippen LogP contribution is 2.18. The Balaban J connectivity index is 1.99. The third kappa shape index (κ3) is 3.61. The summed E-state index contributed by atoms with van der Waals surface area (Å²) in [6.45, 7) is 3.58. The fourth-order valence-corrected chi connectivity index (χ4v) is 2.32. The number of nitriles is 1. The first-order valence-corrected chi connectivity index (χ1v) is 6.97. The summed E-state index contributed by atoms with van der Waals surface area (Å²) in [5, 5.41) is 16.9. The number of hydrogen-bond acceptors (Lipinski definition) is 4. The van der Waals surface area contributed by atoms with Crippen LogP contribution in [0.2, 0.25) is 0 Å². The molecule has 1 heterocycles. The lowest BCUT2D eigenvalue weighted by Crippen LogP contribution is -2.13. The summed E-state index contributed by atoms with van der Waals surface area (Å²) >= 11 is 0. The zero-order valence-electron chi connectivity index (χ0n) is 12.7. The number of benzene rings is 1. The molecule has 0 atom stereocenters. The van der Waals surface area contributed by atoms with E-state index in [1.165, 1.54) is 5.56 Å². The van der Waals surface area contributed by atoms with Crippen molar-refractivity contribution in [2.45, 2.75) is 26.4 Å². The van der Waals surface area contributed by atoms with Gasteiger partial charge in [-0.25, -0.2) is 0 Å². The van der Waals surface area contributed by atoms with Crippen LogP contribution in [-0.2, 0) is 26.6 Å². The van der Waals surface area contributed by atoms with E-state index in [2.05, 4.69) is 23.4 Å². The lowest BCUT2D eigenvalue weighted by Gasteiger charge is -2.07. The Morgan fingerprint density at radius 1 is 1.38 bits per heavy atom. The number of ether oxygens (including phenoxy) is 1. The van der Waals surface area contributed by atoms with E-state index < -0.39 is 0 Å². The van der Waals surface area contributed by atoms with Crippen molar-refractivity contribution in [1.29, 1.82) is 5.26 Å². The van der Waals surface area contributed by atoms with Crippen LogP contribution < -0.4 is 10.1 Å². The average molecular weight is 284 g/mol. The first-order chi connectivity index (χ1) is 10.2. The predicted octanol–water partition coefficient (Wildman–Crippen LogP) is 2.15. The molecule has 1 aromatic carbocycles. The van der Waals surface area contributed by atoms with E-state index in [0.29, 0.717) is 17.9 Å². The van der Waals surface area contributed by atoms with Crippen LogP contribution in [-0.4, -0.2) is 16.9 Å². The zero-order chi connectivity index (χ0) is 15.2. The summed E-state index contributed by atoms with van der Waals surface area (Å²) in [5.41, 5.74) is 3.97. The van der Waals surface area contributed by atoms with Crippen molar-refractivity contribution in [3.63, 3.8) is 0 Å². The molecule has 0 saturated carbocycles. The van der Waals surface area contributed by atoms with Gasteiger partial charge in [-0.15, -0.1) is 0 Å². The molecule has 0 aliphatic rings. The topological polar surface area (TPSA) is 62.9 Å². The van der Waals surface area contributed by atoms with Crippen molar-refractivity contribution >= 4 is 0 Å². The van der Waals surface area contributed by atoms with Crippen LogP contribution >= 0.6 is 0 Å². The highest BCUT2D eigenvalue weighted by atomic mass is 16.5. The standard InChI is InChI=1S/C16H20N4O/c1-4-15-14(11-20(2)19-15)10-18-9-12-5-6-16(21-3)13(7-12)8-17/h5-7,11,18H,4,9-10H2,1-3H3. The molecule has 1 aromatic heterocycles. The summed E-state index contributed by atoms with van der Waals surface area (Å²) in [7, 11) is 3.51. The largest absolute Gasteiger partial charge is 0.495 e. The molecular weight excluding hydrogens is 264 g/mol. The van der Waals surface area contributed by atoms with E-state index in [0.717, 1.165) is 24.2 Å². The normalized spacial score (nSPS) is 10.4. The van der Waals surface area contributed by atoms with Gasteiger partial charge >= 0.3 is 0 Å². The molecule has 2 aromatic rings. The molecule has 2 rings (SSSR count). The molecule has 0 aliphatic carbocycles. The third-order valence-electron chi connectivity index (χ3n) is 3.36. The molecule has 0 amide bonds. The summed E-state index contributed by atoms with van der Waals surface area (Å²) in [6, 6.07) is 7.81. The molecule has 1 N–H and O–H groups in total. The van der Waals surface area contributed by atoms with Crippen LogP contribution in [0.1, 0.15) is 29.3 Å². The maximum atomic E-state index is 9.09. The molecule has 110 valence electrons. The van der Waals surface area contributed by atoms with Gasteiger partial charge in [-0.2, -0.15) is 10.4 Å². The van der Waals surface area contributed by atoms with Crippen LogP contribution in [0.5, 0.6) is 5.75 Å². The minimum Gasteiger partial charge on any atom is -0.495 e. The Morgan fingerprint density at radius 3 is 2.86 bits per heavy atom. The van der Waals surface area contributed by atoms with E-state index >= 15 is 0 Å². The zero-order valence-corrected chi connectivity index (χ0v) is 12.7. The average Bonchev–Trinajstić information content (AvgIpc) is 2.87. The van der Waals surface area contributed by atoms with Gasteiger partial charge in [-0.3, -0.25) is 4.68 Å². The number of hydrogen-bond donors (Lipinski definition) is 1. The minimum absolute atomic E-state index is 0.562. The van der Waals surface area contributed by atoms with Crippen LogP contribution in [0.4, 0.5) is 0 Å². The molecule has 0 spiro atoms. The smallest absolute Gasteiger partial charge is 0.136 e. The molecule has 0 bridgehead atoms. The Bertz CT molecular complexity index is 655. The summed E-state index contributed by atoms with van der Waals surface area (Å²) in [4.78, 5) is 0. The van der Waals surface area contributed by atoms with E-state index in [4.69, 9.17) is 10.00 Å². The fourth-order valence-electron chi connectivity index (χ4n) is 2.32. The lowest BCUT2D eigenvalue weighted by molar-refractivity contribution is 0.413. The van der Waals surface area contributed by atoms with Gasteiger partial charge in [0.1, 0.15) is 11.8 Å². The lowest BCUT2D eigenvalue weighted by atomic mass is 10.1. The second kappa shape index (κ2) is 6.91.